The minimum Gasteiger partial charge on any atom is -0.323 e. The molecule has 0 aromatic heterocycles. The Hall–Kier alpha value is -0.540. The average Bonchev–Trinajstić information content (AvgIpc) is 2.35. The molecule has 1 aromatic carbocycles. The van der Waals surface area contributed by atoms with Crippen molar-refractivity contribution >= 4 is 11.8 Å². The third kappa shape index (κ3) is 1.04. The van der Waals surface area contributed by atoms with Gasteiger partial charge in [0.15, 0.2) is 0 Å². The Kier molecular flexibility index (Phi) is 1.62. The largest absolute Gasteiger partial charge is 0.323 e. The molecule has 1 aromatic rings. The minimum atomic E-state index is -0.138. The first-order chi connectivity index (χ1) is 5.29. The topological polar surface area (TPSA) is 26.0 Å². The van der Waals surface area contributed by atoms with E-state index in [2.05, 4.69) is 0 Å². The van der Waals surface area contributed by atoms with Crippen LogP contribution < -0.4 is 5.73 Å². The number of hydrogen-bond acceptors (Lipinski definition) is 2. The fraction of sp³-hybridized carbons (Fsp3) is 0.250. The molecule has 11 heavy (non-hydrogen) atoms. The molecule has 1 aliphatic rings. The van der Waals surface area contributed by atoms with Gasteiger partial charge in [-0.25, -0.2) is 4.39 Å². The molecule has 0 fully saturated rings. The first kappa shape index (κ1) is 7.13. The van der Waals surface area contributed by atoms with Gasteiger partial charge in [0.25, 0.3) is 0 Å². The molecule has 1 aliphatic heterocycles. The van der Waals surface area contributed by atoms with Crippen molar-refractivity contribution in [1.29, 1.82) is 0 Å². The highest BCUT2D eigenvalue weighted by Crippen LogP contribution is 2.38. The second-order valence-corrected chi connectivity index (χ2v) is 3.61. The van der Waals surface area contributed by atoms with E-state index in [0.717, 1.165) is 16.2 Å². The minimum absolute atomic E-state index is 0.0192. The second kappa shape index (κ2) is 2.50. The standard InChI is InChI=1S/C8H8FNS/c9-6-3-1-2-5-7(10)4-11-8(5)6/h1-3,7H,4,10H2. The Morgan fingerprint density at radius 2 is 2.36 bits per heavy atom. The van der Waals surface area contributed by atoms with Crippen molar-refractivity contribution in [3.8, 4) is 0 Å². The number of thioether (sulfide) groups is 1. The van der Waals surface area contributed by atoms with Crippen molar-refractivity contribution < 1.29 is 4.39 Å². The fourth-order valence-corrected chi connectivity index (χ4v) is 2.35. The SMILES string of the molecule is NC1CSc2c(F)cccc21. The number of rotatable bonds is 0. The summed E-state index contributed by atoms with van der Waals surface area (Å²) < 4.78 is 13.0. The van der Waals surface area contributed by atoms with E-state index >= 15 is 0 Å². The van der Waals surface area contributed by atoms with E-state index in [1.165, 1.54) is 17.8 Å². The molecule has 58 valence electrons. The third-order valence-electron chi connectivity index (χ3n) is 1.80. The van der Waals surface area contributed by atoms with Crippen LogP contribution in [0.3, 0.4) is 0 Å². The first-order valence-electron chi connectivity index (χ1n) is 3.46. The lowest BCUT2D eigenvalue weighted by molar-refractivity contribution is 0.596. The van der Waals surface area contributed by atoms with E-state index < -0.39 is 0 Å². The maximum Gasteiger partial charge on any atom is 0.137 e. The number of benzene rings is 1. The number of hydrogen-bond donors (Lipinski definition) is 1. The van der Waals surface area contributed by atoms with E-state index in [0.29, 0.717) is 0 Å². The molecular formula is C8H8FNS. The van der Waals surface area contributed by atoms with Crippen LogP contribution in [0.25, 0.3) is 0 Å². The maximum absolute atomic E-state index is 13.0. The zero-order chi connectivity index (χ0) is 7.84. The summed E-state index contributed by atoms with van der Waals surface area (Å²) in [5, 5.41) is 0. The van der Waals surface area contributed by atoms with Gasteiger partial charge in [0.1, 0.15) is 5.82 Å². The molecule has 2 N–H and O–H groups in total. The van der Waals surface area contributed by atoms with Crippen LogP contribution in [0, 0.1) is 5.82 Å². The zero-order valence-electron chi connectivity index (χ0n) is 5.88. The molecule has 0 spiro atoms. The summed E-state index contributed by atoms with van der Waals surface area (Å²) in [7, 11) is 0. The lowest BCUT2D eigenvalue weighted by atomic mass is 10.1. The van der Waals surface area contributed by atoms with Crippen LogP contribution in [0.5, 0.6) is 0 Å². The second-order valence-electron chi connectivity index (χ2n) is 2.58. The molecule has 0 radical (unpaired) electrons. The van der Waals surface area contributed by atoms with Gasteiger partial charge >= 0.3 is 0 Å². The summed E-state index contributed by atoms with van der Waals surface area (Å²) in [5.41, 5.74) is 6.68. The fourth-order valence-electron chi connectivity index (χ4n) is 1.23. The van der Waals surface area contributed by atoms with Gasteiger partial charge in [-0.3, -0.25) is 0 Å². The van der Waals surface area contributed by atoms with Crippen molar-refractivity contribution in [2.24, 2.45) is 5.73 Å². The van der Waals surface area contributed by atoms with Crippen LogP contribution in [0.4, 0.5) is 4.39 Å². The van der Waals surface area contributed by atoms with Gasteiger partial charge in [0, 0.05) is 16.7 Å². The average molecular weight is 169 g/mol. The highest BCUT2D eigenvalue weighted by molar-refractivity contribution is 7.99. The lowest BCUT2D eigenvalue weighted by Gasteiger charge is -2.01. The summed E-state index contributed by atoms with van der Waals surface area (Å²) in [6.45, 7) is 0. The van der Waals surface area contributed by atoms with E-state index in [4.69, 9.17) is 5.73 Å². The third-order valence-corrected chi connectivity index (χ3v) is 3.05. The van der Waals surface area contributed by atoms with Crippen molar-refractivity contribution in [2.75, 3.05) is 5.75 Å². The quantitative estimate of drug-likeness (QED) is 0.642. The molecule has 0 bridgehead atoms. The van der Waals surface area contributed by atoms with Gasteiger partial charge in [0.05, 0.1) is 0 Å². The van der Waals surface area contributed by atoms with Crippen LogP contribution in [-0.4, -0.2) is 5.75 Å². The molecular weight excluding hydrogens is 161 g/mol. The Morgan fingerprint density at radius 1 is 1.55 bits per heavy atom. The molecule has 0 saturated carbocycles. The summed E-state index contributed by atoms with van der Waals surface area (Å²) in [6.07, 6.45) is 0. The zero-order valence-corrected chi connectivity index (χ0v) is 6.70. The van der Waals surface area contributed by atoms with Gasteiger partial charge in [-0.05, 0) is 11.6 Å². The Labute approximate surface area is 68.8 Å². The van der Waals surface area contributed by atoms with E-state index in [1.807, 2.05) is 6.07 Å². The number of nitrogens with two attached hydrogens (primary N) is 1. The van der Waals surface area contributed by atoms with E-state index in [1.54, 1.807) is 6.07 Å². The number of halogens is 1. The molecule has 1 atom stereocenters. The van der Waals surface area contributed by atoms with Crippen molar-refractivity contribution in [1.82, 2.24) is 0 Å². The van der Waals surface area contributed by atoms with Gasteiger partial charge < -0.3 is 5.73 Å². The molecule has 3 heteroatoms. The van der Waals surface area contributed by atoms with Crippen molar-refractivity contribution in [3.63, 3.8) is 0 Å². The Bertz CT molecular complexity index is 287. The van der Waals surface area contributed by atoms with Gasteiger partial charge in [-0.2, -0.15) is 0 Å². The first-order valence-corrected chi connectivity index (χ1v) is 4.44. The summed E-state index contributed by atoms with van der Waals surface area (Å²) >= 11 is 1.50. The molecule has 0 aliphatic carbocycles. The summed E-state index contributed by atoms with van der Waals surface area (Å²) in [6, 6.07) is 5.10. The maximum atomic E-state index is 13.0. The molecule has 0 amide bonds. The Balaban J connectivity index is 2.57. The Morgan fingerprint density at radius 3 is 3.09 bits per heavy atom. The molecule has 1 unspecified atom stereocenters. The van der Waals surface area contributed by atoms with Crippen LogP contribution in [-0.2, 0) is 0 Å². The number of fused-ring (bicyclic) bond motifs is 1. The van der Waals surface area contributed by atoms with E-state index in [-0.39, 0.29) is 11.9 Å². The lowest BCUT2D eigenvalue weighted by Crippen LogP contribution is -2.08. The summed E-state index contributed by atoms with van der Waals surface area (Å²) in [5.74, 6) is 0.663. The summed E-state index contributed by atoms with van der Waals surface area (Å²) in [4.78, 5) is 0.736. The molecule has 1 heterocycles. The molecule has 2 rings (SSSR count). The van der Waals surface area contributed by atoms with E-state index in [9.17, 15) is 4.39 Å². The van der Waals surface area contributed by atoms with Crippen LogP contribution in [0.2, 0.25) is 0 Å². The van der Waals surface area contributed by atoms with Crippen LogP contribution in [0.15, 0.2) is 23.1 Å². The van der Waals surface area contributed by atoms with Gasteiger partial charge in [-0.1, -0.05) is 12.1 Å². The van der Waals surface area contributed by atoms with Crippen LogP contribution >= 0.6 is 11.8 Å². The predicted octanol–water partition coefficient (Wildman–Crippen LogP) is 1.93. The van der Waals surface area contributed by atoms with Gasteiger partial charge in [-0.15, -0.1) is 11.8 Å². The van der Waals surface area contributed by atoms with Gasteiger partial charge in [0.2, 0.25) is 0 Å². The van der Waals surface area contributed by atoms with Crippen molar-refractivity contribution in [2.45, 2.75) is 10.9 Å². The molecule has 1 nitrogen and oxygen atoms in total. The van der Waals surface area contributed by atoms with Crippen LogP contribution in [0.1, 0.15) is 11.6 Å². The predicted molar refractivity (Wildman–Crippen MR) is 44.1 cm³/mol. The normalized spacial score (nSPS) is 21.8. The highest BCUT2D eigenvalue weighted by atomic mass is 32.2. The van der Waals surface area contributed by atoms with Crippen molar-refractivity contribution in [3.05, 3.63) is 29.6 Å². The smallest absolute Gasteiger partial charge is 0.137 e. The molecule has 0 saturated heterocycles. The highest BCUT2D eigenvalue weighted by Gasteiger charge is 2.21. The monoisotopic (exact) mass is 169 g/mol.